The second-order valence-electron chi connectivity index (χ2n) is 6.56. The van der Waals surface area contributed by atoms with Gasteiger partial charge in [0, 0.05) is 12.1 Å². The third-order valence-electron chi connectivity index (χ3n) is 4.77. The summed E-state index contributed by atoms with van der Waals surface area (Å²) in [6.07, 6.45) is 6.13. The standard InChI is InChI=1S/C19H32N2O/c1-3-4-7-14-22-19-9-6-5-8-17(19)18(15-20)21-12-10-16(2)11-13-21/h5-6,8-9,16,18H,3-4,7,10-15,20H2,1-2H3. The third kappa shape index (κ3) is 4.72. The molecule has 1 aromatic carbocycles. The van der Waals surface area contributed by atoms with Gasteiger partial charge in [-0.1, -0.05) is 44.9 Å². The first kappa shape index (κ1) is 17.3. The highest BCUT2D eigenvalue weighted by Crippen LogP contribution is 2.31. The van der Waals surface area contributed by atoms with Gasteiger partial charge in [0.05, 0.1) is 12.6 Å². The minimum atomic E-state index is 0.287. The molecule has 1 heterocycles. The predicted molar refractivity (Wildman–Crippen MR) is 93.2 cm³/mol. The van der Waals surface area contributed by atoms with E-state index in [0.717, 1.165) is 37.8 Å². The van der Waals surface area contributed by atoms with Crippen LogP contribution in [0.5, 0.6) is 5.75 Å². The number of nitrogens with two attached hydrogens (primary N) is 1. The Balaban J connectivity index is 2.04. The van der Waals surface area contributed by atoms with Crippen LogP contribution in [0.15, 0.2) is 24.3 Å². The average Bonchev–Trinajstić information content (AvgIpc) is 2.55. The molecule has 3 heteroatoms. The zero-order valence-corrected chi connectivity index (χ0v) is 14.3. The van der Waals surface area contributed by atoms with Crippen molar-refractivity contribution in [1.82, 2.24) is 4.90 Å². The first-order valence-electron chi connectivity index (χ1n) is 8.92. The van der Waals surface area contributed by atoms with Gasteiger partial charge in [0.25, 0.3) is 0 Å². The van der Waals surface area contributed by atoms with Crippen LogP contribution in [0.3, 0.4) is 0 Å². The van der Waals surface area contributed by atoms with E-state index in [2.05, 4.69) is 43.0 Å². The Morgan fingerprint density at radius 1 is 1.23 bits per heavy atom. The molecule has 0 spiro atoms. The second-order valence-corrected chi connectivity index (χ2v) is 6.56. The van der Waals surface area contributed by atoms with E-state index in [-0.39, 0.29) is 6.04 Å². The lowest BCUT2D eigenvalue weighted by molar-refractivity contribution is 0.138. The van der Waals surface area contributed by atoms with Crippen molar-refractivity contribution in [2.24, 2.45) is 11.7 Å². The molecule has 0 bridgehead atoms. The van der Waals surface area contributed by atoms with E-state index in [9.17, 15) is 0 Å². The Bertz CT molecular complexity index is 427. The fraction of sp³-hybridized carbons (Fsp3) is 0.684. The molecule has 1 saturated heterocycles. The van der Waals surface area contributed by atoms with Gasteiger partial charge in [0.1, 0.15) is 5.75 Å². The zero-order valence-electron chi connectivity index (χ0n) is 14.3. The summed E-state index contributed by atoms with van der Waals surface area (Å²) < 4.78 is 6.05. The molecule has 22 heavy (non-hydrogen) atoms. The monoisotopic (exact) mass is 304 g/mol. The summed E-state index contributed by atoms with van der Waals surface area (Å²) in [4.78, 5) is 2.54. The lowest BCUT2D eigenvalue weighted by atomic mass is 9.95. The van der Waals surface area contributed by atoms with Crippen LogP contribution in [-0.2, 0) is 0 Å². The number of para-hydroxylation sites is 1. The van der Waals surface area contributed by atoms with Gasteiger partial charge in [-0.15, -0.1) is 0 Å². The quantitative estimate of drug-likeness (QED) is 0.738. The molecular formula is C19H32N2O. The molecule has 1 fully saturated rings. The van der Waals surface area contributed by atoms with Crippen molar-refractivity contribution in [3.63, 3.8) is 0 Å². The number of benzene rings is 1. The Kier molecular flexibility index (Phi) is 7.20. The molecule has 1 aliphatic rings. The van der Waals surface area contributed by atoms with Gasteiger partial charge in [-0.3, -0.25) is 4.90 Å². The van der Waals surface area contributed by atoms with Crippen molar-refractivity contribution in [1.29, 1.82) is 0 Å². The van der Waals surface area contributed by atoms with Crippen molar-refractivity contribution in [2.45, 2.75) is 52.0 Å². The van der Waals surface area contributed by atoms with E-state index in [1.807, 2.05) is 0 Å². The van der Waals surface area contributed by atoms with Gasteiger partial charge in [0.2, 0.25) is 0 Å². The fourth-order valence-electron chi connectivity index (χ4n) is 3.23. The van der Waals surface area contributed by atoms with Crippen LogP contribution in [0.25, 0.3) is 0 Å². The topological polar surface area (TPSA) is 38.5 Å². The van der Waals surface area contributed by atoms with Gasteiger partial charge in [-0.25, -0.2) is 0 Å². The summed E-state index contributed by atoms with van der Waals surface area (Å²) in [5, 5.41) is 0. The van der Waals surface area contributed by atoms with Crippen molar-refractivity contribution < 1.29 is 4.74 Å². The van der Waals surface area contributed by atoms with E-state index >= 15 is 0 Å². The molecule has 0 aliphatic carbocycles. The smallest absolute Gasteiger partial charge is 0.124 e. The Hall–Kier alpha value is -1.06. The zero-order chi connectivity index (χ0) is 15.8. The van der Waals surface area contributed by atoms with Crippen LogP contribution in [0.4, 0.5) is 0 Å². The van der Waals surface area contributed by atoms with E-state index in [1.54, 1.807) is 0 Å². The Morgan fingerprint density at radius 2 is 1.95 bits per heavy atom. The normalized spacial score (nSPS) is 18.3. The average molecular weight is 304 g/mol. The number of ether oxygens (including phenoxy) is 1. The summed E-state index contributed by atoms with van der Waals surface area (Å²) >= 11 is 0. The molecular weight excluding hydrogens is 272 g/mol. The Labute approximate surface area is 135 Å². The van der Waals surface area contributed by atoms with Crippen molar-refractivity contribution >= 4 is 0 Å². The van der Waals surface area contributed by atoms with Crippen molar-refractivity contribution in [2.75, 3.05) is 26.2 Å². The number of unbranched alkanes of at least 4 members (excludes halogenated alkanes) is 2. The number of nitrogens with zero attached hydrogens (tertiary/aromatic N) is 1. The molecule has 2 rings (SSSR count). The van der Waals surface area contributed by atoms with Crippen molar-refractivity contribution in [3.05, 3.63) is 29.8 Å². The van der Waals surface area contributed by atoms with Gasteiger partial charge in [-0.05, 0) is 44.3 Å². The summed E-state index contributed by atoms with van der Waals surface area (Å²) in [6.45, 7) is 8.32. The molecule has 0 saturated carbocycles. The van der Waals surface area contributed by atoms with E-state index in [1.165, 1.54) is 31.2 Å². The van der Waals surface area contributed by atoms with Gasteiger partial charge < -0.3 is 10.5 Å². The third-order valence-corrected chi connectivity index (χ3v) is 4.77. The van der Waals surface area contributed by atoms with Gasteiger partial charge >= 0.3 is 0 Å². The van der Waals surface area contributed by atoms with E-state index in [0.29, 0.717) is 6.54 Å². The van der Waals surface area contributed by atoms with Gasteiger partial charge in [-0.2, -0.15) is 0 Å². The van der Waals surface area contributed by atoms with Crippen molar-refractivity contribution in [3.8, 4) is 5.75 Å². The molecule has 1 aliphatic heterocycles. The summed E-state index contributed by atoms with van der Waals surface area (Å²) in [7, 11) is 0. The molecule has 0 aromatic heterocycles. The fourth-order valence-corrected chi connectivity index (χ4v) is 3.23. The molecule has 1 aromatic rings. The maximum absolute atomic E-state index is 6.12. The van der Waals surface area contributed by atoms with Gasteiger partial charge in [0.15, 0.2) is 0 Å². The number of piperidine rings is 1. The minimum absolute atomic E-state index is 0.287. The maximum Gasteiger partial charge on any atom is 0.124 e. The van der Waals surface area contributed by atoms with E-state index < -0.39 is 0 Å². The number of rotatable bonds is 8. The molecule has 2 N–H and O–H groups in total. The minimum Gasteiger partial charge on any atom is -0.493 e. The first-order valence-corrected chi connectivity index (χ1v) is 8.92. The van der Waals surface area contributed by atoms with Crippen LogP contribution in [-0.4, -0.2) is 31.1 Å². The molecule has 0 radical (unpaired) electrons. The van der Waals surface area contributed by atoms with Crippen LogP contribution >= 0.6 is 0 Å². The second kappa shape index (κ2) is 9.16. The highest BCUT2D eigenvalue weighted by molar-refractivity contribution is 5.36. The number of hydrogen-bond acceptors (Lipinski definition) is 3. The molecule has 3 nitrogen and oxygen atoms in total. The maximum atomic E-state index is 6.12. The van der Waals surface area contributed by atoms with E-state index in [4.69, 9.17) is 10.5 Å². The lowest BCUT2D eigenvalue weighted by Gasteiger charge is -2.37. The first-order chi connectivity index (χ1) is 10.8. The lowest BCUT2D eigenvalue weighted by Crippen LogP contribution is -2.39. The molecule has 124 valence electrons. The number of likely N-dealkylation sites (tertiary alicyclic amines) is 1. The van der Waals surface area contributed by atoms with Crippen LogP contribution in [0.2, 0.25) is 0 Å². The predicted octanol–water partition coefficient (Wildman–Crippen LogP) is 3.99. The Morgan fingerprint density at radius 3 is 2.64 bits per heavy atom. The SMILES string of the molecule is CCCCCOc1ccccc1C(CN)N1CCC(C)CC1. The van der Waals surface area contributed by atoms with Crippen LogP contribution in [0, 0.1) is 5.92 Å². The molecule has 1 unspecified atom stereocenters. The highest BCUT2D eigenvalue weighted by atomic mass is 16.5. The van der Waals surface area contributed by atoms with Crippen LogP contribution < -0.4 is 10.5 Å². The number of hydrogen-bond donors (Lipinski definition) is 1. The van der Waals surface area contributed by atoms with Crippen LogP contribution in [0.1, 0.15) is 57.6 Å². The summed E-state index contributed by atoms with van der Waals surface area (Å²) in [5.41, 5.74) is 7.38. The summed E-state index contributed by atoms with van der Waals surface area (Å²) in [6, 6.07) is 8.73. The molecule has 0 amide bonds. The highest BCUT2D eigenvalue weighted by Gasteiger charge is 2.25. The summed E-state index contributed by atoms with van der Waals surface area (Å²) in [5.74, 6) is 1.86. The largest absolute Gasteiger partial charge is 0.493 e. The molecule has 1 atom stereocenters.